The van der Waals surface area contributed by atoms with Crippen molar-refractivity contribution in [2.24, 2.45) is 5.92 Å². The van der Waals surface area contributed by atoms with E-state index < -0.39 is 0 Å². The number of piperazine rings is 1. The smallest absolute Gasteiger partial charge is 0.0695 e. The molecule has 2 fully saturated rings. The van der Waals surface area contributed by atoms with Crippen molar-refractivity contribution in [3.8, 4) is 0 Å². The first-order valence-corrected chi connectivity index (χ1v) is 7.03. The Hall–Kier alpha value is -0.120. The molecule has 3 heteroatoms. The van der Waals surface area contributed by atoms with Crippen molar-refractivity contribution in [1.82, 2.24) is 9.80 Å². The zero-order valence-electron chi connectivity index (χ0n) is 11.8. The molecule has 17 heavy (non-hydrogen) atoms. The minimum absolute atomic E-state index is 0.106. The lowest BCUT2D eigenvalue weighted by atomic mass is 9.83. The van der Waals surface area contributed by atoms with E-state index >= 15 is 0 Å². The molecule has 3 nitrogen and oxygen atoms in total. The average Bonchev–Trinajstić information content (AvgIpc) is 2.25. The Morgan fingerprint density at radius 2 is 1.88 bits per heavy atom. The highest BCUT2D eigenvalue weighted by molar-refractivity contribution is 4.94. The van der Waals surface area contributed by atoms with E-state index in [0.29, 0.717) is 6.04 Å². The molecule has 0 radical (unpaired) electrons. The summed E-state index contributed by atoms with van der Waals surface area (Å²) in [5.74, 6) is 0.770. The van der Waals surface area contributed by atoms with Crippen LogP contribution in [0.2, 0.25) is 0 Å². The summed E-state index contributed by atoms with van der Waals surface area (Å²) in [6.07, 6.45) is 3.24. The number of hydrogen-bond donors (Lipinski definition) is 1. The minimum Gasteiger partial charge on any atom is -0.391 e. The summed E-state index contributed by atoms with van der Waals surface area (Å²) in [6.45, 7) is 10.2. The predicted molar refractivity (Wildman–Crippen MR) is 71.1 cm³/mol. The Bertz CT molecular complexity index is 267. The highest BCUT2D eigenvalue weighted by Gasteiger charge is 2.38. The van der Waals surface area contributed by atoms with E-state index in [2.05, 4.69) is 37.6 Å². The molecule has 1 aliphatic carbocycles. The predicted octanol–water partition coefficient (Wildman–Crippen LogP) is 1.56. The zero-order chi connectivity index (χ0) is 12.6. The van der Waals surface area contributed by atoms with Gasteiger partial charge in [0.25, 0.3) is 0 Å². The number of likely N-dealkylation sites (N-methyl/N-ethyl adjacent to an activating group) is 1. The second-order valence-corrected chi connectivity index (χ2v) is 6.76. The maximum Gasteiger partial charge on any atom is 0.0695 e. The van der Waals surface area contributed by atoms with Gasteiger partial charge in [0, 0.05) is 31.2 Å². The number of aliphatic hydroxyl groups is 1. The van der Waals surface area contributed by atoms with Gasteiger partial charge in [0.2, 0.25) is 0 Å². The molecule has 2 aliphatic rings. The maximum atomic E-state index is 10.2. The van der Waals surface area contributed by atoms with Gasteiger partial charge < -0.3 is 5.11 Å². The van der Waals surface area contributed by atoms with Crippen LogP contribution in [0.25, 0.3) is 0 Å². The lowest BCUT2D eigenvalue weighted by Gasteiger charge is -2.50. The summed E-state index contributed by atoms with van der Waals surface area (Å²) in [6, 6.07) is 0.395. The lowest BCUT2D eigenvalue weighted by Crippen LogP contribution is -2.62. The highest BCUT2D eigenvalue weighted by atomic mass is 16.3. The molecule has 0 aromatic carbocycles. The Morgan fingerprint density at radius 1 is 1.18 bits per heavy atom. The van der Waals surface area contributed by atoms with Gasteiger partial charge in [-0.1, -0.05) is 6.92 Å². The molecule has 3 atom stereocenters. The monoisotopic (exact) mass is 240 g/mol. The van der Waals surface area contributed by atoms with Gasteiger partial charge in [-0.2, -0.15) is 0 Å². The van der Waals surface area contributed by atoms with Crippen molar-refractivity contribution in [3.63, 3.8) is 0 Å². The van der Waals surface area contributed by atoms with Gasteiger partial charge in [0.05, 0.1) is 6.10 Å². The van der Waals surface area contributed by atoms with Gasteiger partial charge in [0.1, 0.15) is 0 Å². The molecular formula is C14H28N2O. The van der Waals surface area contributed by atoms with E-state index in [1.807, 2.05) is 0 Å². The van der Waals surface area contributed by atoms with Crippen LogP contribution in [0.15, 0.2) is 0 Å². The Balaban J connectivity index is 2.02. The summed E-state index contributed by atoms with van der Waals surface area (Å²) in [4.78, 5) is 4.96. The van der Waals surface area contributed by atoms with E-state index in [-0.39, 0.29) is 11.6 Å². The van der Waals surface area contributed by atoms with Gasteiger partial charge in [-0.25, -0.2) is 0 Å². The van der Waals surface area contributed by atoms with Gasteiger partial charge in [0.15, 0.2) is 0 Å². The van der Waals surface area contributed by atoms with E-state index in [1.165, 1.54) is 12.8 Å². The fraction of sp³-hybridized carbons (Fsp3) is 1.00. The van der Waals surface area contributed by atoms with Gasteiger partial charge in [-0.15, -0.1) is 0 Å². The molecule has 2 rings (SSSR count). The quantitative estimate of drug-likeness (QED) is 0.753. The van der Waals surface area contributed by atoms with Crippen LogP contribution in [0.3, 0.4) is 0 Å². The van der Waals surface area contributed by atoms with E-state index in [4.69, 9.17) is 0 Å². The topological polar surface area (TPSA) is 26.7 Å². The molecule has 0 aromatic rings. The molecular weight excluding hydrogens is 212 g/mol. The van der Waals surface area contributed by atoms with Crippen molar-refractivity contribution in [1.29, 1.82) is 0 Å². The number of nitrogens with zero attached hydrogens (tertiary/aromatic N) is 2. The van der Waals surface area contributed by atoms with E-state index in [1.54, 1.807) is 0 Å². The molecule has 0 aromatic heterocycles. The summed E-state index contributed by atoms with van der Waals surface area (Å²) in [5, 5.41) is 10.2. The van der Waals surface area contributed by atoms with Crippen LogP contribution >= 0.6 is 0 Å². The third-order valence-corrected chi connectivity index (χ3v) is 4.86. The number of rotatable bonds is 1. The first kappa shape index (κ1) is 13.3. The number of aliphatic hydroxyl groups excluding tert-OH is 1. The van der Waals surface area contributed by atoms with Crippen LogP contribution in [-0.2, 0) is 0 Å². The van der Waals surface area contributed by atoms with Crippen LogP contribution in [0.5, 0.6) is 0 Å². The summed E-state index contributed by atoms with van der Waals surface area (Å²) >= 11 is 0. The van der Waals surface area contributed by atoms with Gasteiger partial charge in [-0.05, 0) is 46.1 Å². The molecule has 1 saturated heterocycles. The van der Waals surface area contributed by atoms with Crippen LogP contribution in [0.1, 0.15) is 40.0 Å². The van der Waals surface area contributed by atoms with Crippen LogP contribution in [0, 0.1) is 5.92 Å². The lowest BCUT2D eigenvalue weighted by molar-refractivity contribution is -0.0459. The molecule has 1 saturated carbocycles. The Morgan fingerprint density at radius 3 is 2.53 bits per heavy atom. The summed E-state index contributed by atoms with van der Waals surface area (Å²) in [5.41, 5.74) is 0.235. The third kappa shape index (κ3) is 2.83. The van der Waals surface area contributed by atoms with Crippen LogP contribution < -0.4 is 0 Å². The maximum absolute atomic E-state index is 10.2. The summed E-state index contributed by atoms with van der Waals surface area (Å²) in [7, 11) is 2.21. The second-order valence-electron chi connectivity index (χ2n) is 6.76. The molecule has 1 aliphatic heterocycles. The molecule has 0 spiro atoms. The molecule has 1 heterocycles. The SMILES string of the molecule is CC1CCC(O)C(N2CCN(C)C(C)(C)C2)C1. The first-order chi connectivity index (χ1) is 7.90. The normalized spacial score (nSPS) is 40.4. The minimum atomic E-state index is -0.106. The standard InChI is InChI=1S/C14H28N2O/c1-11-5-6-13(17)12(9-11)16-8-7-15(4)14(2,3)10-16/h11-13,17H,5-10H2,1-4H3. The molecule has 1 N–H and O–H groups in total. The van der Waals surface area contributed by atoms with Crippen LogP contribution in [-0.4, -0.2) is 59.3 Å². The third-order valence-electron chi connectivity index (χ3n) is 4.86. The summed E-state index contributed by atoms with van der Waals surface area (Å²) < 4.78 is 0. The molecule has 3 unspecified atom stereocenters. The molecule has 0 bridgehead atoms. The number of hydrogen-bond acceptors (Lipinski definition) is 3. The zero-order valence-corrected chi connectivity index (χ0v) is 11.8. The Labute approximate surface area is 106 Å². The van der Waals surface area contributed by atoms with Gasteiger partial charge >= 0.3 is 0 Å². The van der Waals surface area contributed by atoms with Crippen molar-refractivity contribution < 1.29 is 5.11 Å². The molecule has 0 amide bonds. The first-order valence-electron chi connectivity index (χ1n) is 7.03. The second kappa shape index (κ2) is 4.87. The fourth-order valence-corrected chi connectivity index (χ4v) is 3.29. The fourth-order valence-electron chi connectivity index (χ4n) is 3.29. The molecule has 100 valence electrons. The van der Waals surface area contributed by atoms with Crippen molar-refractivity contribution in [3.05, 3.63) is 0 Å². The van der Waals surface area contributed by atoms with Gasteiger partial charge in [-0.3, -0.25) is 9.80 Å². The van der Waals surface area contributed by atoms with Crippen molar-refractivity contribution in [2.75, 3.05) is 26.7 Å². The van der Waals surface area contributed by atoms with Crippen LogP contribution in [0.4, 0.5) is 0 Å². The average molecular weight is 240 g/mol. The van der Waals surface area contributed by atoms with E-state index in [9.17, 15) is 5.11 Å². The largest absolute Gasteiger partial charge is 0.391 e. The van der Waals surface area contributed by atoms with Crippen molar-refractivity contribution in [2.45, 2.75) is 57.7 Å². The van der Waals surface area contributed by atoms with E-state index in [0.717, 1.165) is 32.0 Å². The van der Waals surface area contributed by atoms with Crippen molar-refractivity contribution >= 4 is 0 Å². The Kier molecular flexibility index (Phi) is 3.81. The highest BCUT2D eigenvalue weighted by Crippen LogP contribution is 2.30.